The zero-order valence-corrected chi connectivity index (χ0v) is 19.0. The van der Waals surface area contributed by atoms with E-state index in [1.165, 1.54) is 5.56 Å². The minimum Gasteiger partial charge on any atom is -0.493 e. The molecule has 0 fully saturated rings. The lowest BCUT2D eigenvalue weighted by Crippen LogP contribution is -2.43. The number of hydrogen-bond donors (Lipinski definition) is 2. The van der Waals surface area contributed by atoms with Crippen LogP contribution >= 0.6 is 0 Å². The van der Waals surface area contributed by atoms with Gasteiger partial charge in [-0.05, 0) is 38.5 Å². The minimum absolute atomic E-state index is 0.129. The van der Waals surface area contributed by atoms with Crippen LogP contribution < -0.4 is 20.1 Å². The molecule has 1 aromatic heterocycles. The van der Waals surface area contributed by atoms with Gasteiger partial charge in [0.05, 0.1) is 26.5 Å². The minimum atomic E-state index is -0.129. The van der Waals surface area contributed by atoms with Crippen molar-refractivity contribution in [1.82, 2.24) is 20.4 Å². The molecular weight excluding hydrogens is 366 g/mol. The van der Waals surface area contributed by atoms with Crippen molar-refractivity contribution in [2.24, 2.45) is 12.0 Å². The van der Waals surface area contributed by atoms with Gasteiger partial charge in [-0.1, -0.05) is 19.9 Å². The van der Waals surface area contributed by atoms with E-state index in [1.807, 2.05) is 30.8 Å². The topological polar surface area (TPSA) is 72.7 Å². The maximum absolute atomic E-state index is 5.46. The Labute approximate surface area is 174 Å². The van der Waals surface area contributed by atoms with Gasteiger partial charge in [0.2, 0.25) is 0 Å². The Bertz CT molecular complexity index is 855. The summed E-state index contributed by atoms with van der Waals surface area (Å²) >= 11 is 0. The molecule has 0 saturated heterocycles. The van der Waals surface area contributed by atoms with E-state index in [0.29, 0.717) is 6.54 Å². The summed E-state index contributed by atoms with van der Waals surface area (Å²) < 4.78 is 12.7. The van der Waals surface area contributed by atoms with E-state index < -0.39 is 0 Å². The first-order valence-electron chi connectivity index (χ1n) is 9.97. The Balaban J connectivity index is 2.14. The number of rotatable bonds is 8. The number of aromatic nitrogens is 2. The fourth-order valence-corrected chi connectivity index (χ4v) is 3.21. The normalized spacial score (nSPS) is 12.1. The summed E-state index contributed by atoms with van der Waals surface area (Å²) in [5, 5.41) is 11.3. The second-order valence-electron chi connectivity index (χ2n) is 7.78. The van der Waals surface area contributed by atoms with Crippen molar-refractivity contribution >= 4 is 5.96 Å². The van der Waals surface area contributed by atoms with Crippen molar-refractivity contribution in [3.8, 4) is 11.5 Å². The number of aryl methyl sites for hydroxylation is 2. The van der Waals surface area contributed by atoms with Crippen molar-refractivity contribution in [2.45, 2.75) is 46.6 Å². The Morgan fingerprint density at radius 2 is 1.83 bits per heavy atom. The summed E-state index contributed by atoms with van der Waals surface area (Å²) in [7, 11) is 5.27. The molecule has 7 nitrogen and oxygen atoms in total. The first kappa shape index (κ1) is 22.6. The highest BCUT2D eigenvalue weighted by molar-refractivity contribution is 5.79. The van der Waals surface area contributed by atoms with Crippen LogP contribution in [0.4, 0.5) is 0 Å². The predicted molar refractivity (Wildman–Crippen MR) is 118 cm³/mol. The maximum Gasteiger partial charge on any atom is 0.191 e. The van der Waals surface area contributed by atoms with E-state index in [1.54, 1.807) is 14.2 Å². The molecular formula is C22H35N5O2. The van der Waals surface area contributed by atoms with E-state index in [4.69, 9.17) is 14.5 Å². The Morgan fingerprint density at radius 1 is 1.14 bits per heavy atom. The molecule has 0 aliphatic heterocycles. The van der Waals surface area contributed by atoms with Gasteiger partial charge in [0.1, 0.15) is 0 Å². The summed E-state index contributed by atoms with van der Waals surface area (Å²) in [4.78, 5) is 4.77. The maximum atomic E-state index is 5.46. The Hall–Kier alpha value is -2.70. The van der Waals surface area contributed by atoms with Crippen LogP contribution in [0, 0.1) is 13.8 Å². The molecule has 2 N–H and O–H groups in total. The number of guanidine groups is 1. The van der Waals surface area contributed by atoms with Crippen LogP contribution in [0.25, 0.3) is 0 Å². The van der Waals surface area contributed by atoms with Crippen LogP contribution in [0.5, 0.6) is 11.5 Å². The van der Waals surface area contributed by atoms with Crippen LogP contribution in [-0.4, -0.2) is 43.0 Å². The molecule has 2 aromatic rings. The summed E-state index contributed by atoms with van der Waals surface area (Å²) in [6.45, 7) is 12.7. The van der Waals surface area contributed by atoms with E-state index >= 15 is 0 Å². The number of aliphatic imine (C=N–C) groups is 1. The molecule has 0 bridgehead atoms. The molecule has 0 aliphatic rings. The van der Waals surface area contributed by atoms with Gasteiger partial charge in [0, 0.05) is 36.8 Å². The molecule has 7 heteroatoms. The number of nitrogens with one attached hydrogen (secondary N) is 2. The van der Waals surface area contributed by atoms with Gasteiger partial charge in [0.25, 0.3) is 0 Å². The quantitative estimate of drug-likeness (QED) is 0.525. The smallest absolute Gasteiger partial charge is 0.191 e. The monoisotopic (exact) mass is 401 g/mol. The molecule has 0 atom stereocenters. The highest BCUT2D eigenvalue weighted by atomic mass is 16.5. The lowest BCUT2D eigenvalue weighted by molar-refractivity contribution is 0.353. The lowest BCUT2D eigenvalue weighted by Gasteiger charge is -2.27. The highest BCUT2D eigenvalue weighted by Crippen LogP contribution is 2.32. The predicted octanol–water partition coefficient (Wildman–Crippen LogP) is 3.09. The molecule has 2 rings (SSSR count). The zero-order chi connectivity index (χ0) is 21.6. The third-order valence-electron chi connectivity index (χ3n) is 5.26. The molecule has 0 spiro atoms. The molecule has 29 heavy (non-hydrogen) atoms. The van der Waals surface area contributed by atoms with Gasteiger partial charge in [-0.3, -0.25) is 4.68 Å². The number of hydrogen-bond acceptors (Lipinski definition) is 4. The van der Waals surface area contributed by atoms with E-state index in [-0.39, 0.29) is 5.41 Å². The van der Waals surface area contributed by atoms with Crippen LogP contribution in [0.3, 0.4) is 0 Å². The average Bonchev–Trinajstić information content (AvgIpc) is 2.94. The molecule has 0 saturated carbocycles. The van der Waals surface area contributed by atoms with Crippen molar-refractivity contribution in [2.75, 3.05) is 27.3 Å². The number of nitrogens with zero attached hydrogens (tertiary/aromatic N) is 3. The van der Waals surface area contributed by atoms with Gasteiger partial charge in [-0.15, -0.1) is 0 Å². The molecule has 1 heterocycles. The highest BCUT2D eigenvalue weighted by Gasteiger charge is 2.23. The first-order chi connectivity index (χ1) is 13.7. The zero-order valence-electron chi connectivity index (χ0n) is 19.0. The van der Waals surface area contributed by atoms with Gasteiger partial charge in [-0.25, -0.2) is 4.99 Å². The molecule has 160 valence electrons. The Kier molecular flexibility index (Phi) is 7.53. The second-order valence-corrected chi connectivity index (χ2v) is 7.78. The SMILES string of the molecule is CCNC(=NCc1c(C)nn(C)c1C)NCC(C)(C)c1ccc(OC)c(OC)c1. The molecule has 1 aromatic carbocycles. The number of methoxy groups -OCH3 is 2. The third kappa shape index (κ3) is 5.43. The van der Waals surface area contributed by atoms with Crippen molar-refractivity contribution in [1.29, 1.82) is 0 Å². The number of benzene rings is 1. The van der Waals surface area contributed by atoms with Gasteiger partial charge in [0.15, 0.2) is 17.5 Å². The van der Waals surface area contributed by atoms with Crippen LogP contribution in [0.2, 0.25) is 0 Å². The summed E-state index contributed by atoms with van der Waals surface area (Å²) in [5.74, 6) is 2.27. The summed E-state index contributed by atoms with van der Waals surface area (Å²) in [6.07, 6.45) is 0. The molecule has 0 aliphatic carbocycles. The summed E-state index contributed by atoms with van der Waals surface area (Å²) in [5.41, 5.74) is 4.37. The average molecular weight is 402 g/mol. The lowest BCUT2D eigenvalue weighted by atomic mass is 9.84. The first-order valence-corrected chi connectivity index (χ1v) is 9.97. The van der Waals surface area contributed by atoms with Crippen molar-refractivity contribution < 1.29 is 9.47 Å². The van der Waals surface area contributed by atoms with Gasteiger partial charge in [-0.2, -0.15) is 5.10 Å². The molecule has 0 unspecified atom stereocenters. The van der Waals surface area contributed by atoms with Crippen LogP contribution in [0.1, 0.15) is 43.3 Å². The van der Waals surface area contributed by atoms with Crippen LogP contribution in [-0.2, 0) is 19.0 Å². The second kappa shape index (κ2) is 9.67. The van der Waals surface area contributed by atoms with Crippen molar-refractivity contribution in [3.63, 3.8) is 0 Å². The van der Waals surface area contributed by atoms with E-state index in [9.17, 15) is 0 Å². The third-order valence-corrected chi connectivity index (χ3v) is 5.26. The summed E-state index contributed by atoms with van der Waals surface area (Å²) in [6, 6.07) is 6.06. The van der Waals surface area contributed by atoms with E-state index in [0.717, 1.165) is 47.5 Å². The van der Waals surface area contributed by atoms with E-state index in [2.05, 4.69) is 49.5 Å². The van der Waals surface area contributed by atoms with Crippen molar-refractivity contribution in [3.05, 3.63) is 40.7 Å². The molecule has 0 amide bonds. The fourth-order valence-electron chi connectivity index (χ4n) is 3.21. The standard InChI is InChI=1S/C22H35N5O2/c1-9-23-21(24-13-18-15(2)26-27(6)16(18)3)25-14-22(4,5)17-10-11-19(28-7)20(12-17)29-8/h10-12H,9,13-14H2,1-8H3,(H2,23,24,25). The fraction of sp³-hybridized carbons (Fsp3) is 0.545. The van der Waals surface area contributed by atoms with Gasteiger partial charge >= 0.3 is 0 Å². The van der Waals surface area contributed by atoms with Crippen LogP contribution in [0.15, 0.2) is 23.2 Å². The number of ether oxygens (including phenoxy) is 2. The molecule has 0 radical (unpaired) electrons. The largest absolute Gasteiger partial charge is 0.493 e. The Morgan fingerprint density at radius 3 is 2.38 bits per heavy atom. The van der Waals surface area contributed by atoms with Gasteiger partial charge < -0.3 is 20.1 Å².